The average molecular weight is 459 g/mol. The molecule has 2 atom stereocenters. The molecule has 0 radical (unpaired) electrons. The number of amides is 1. The third kappa shape index (κ3) is 4.35. The van der Waals surface area contributed by atoms with Crippen molar-refractivity contribution in [2.75, 3.05) is 44.8 Å². The van der Waals surface area contributed by atoms with Crippen LogP contribution in [-0.4, -0.2) is 77.7 Å². The zero-order valence-electron chi connectivity index (χ0n) is 17.8. The third-order valence-corrected chi connectivity index (χ3v) is 7.40. The molecule has 2 aromatic rings. The van der Waals surface area contributed by atoms with Crippen LogP contribution in [0.5, 0.6) is 11.5 Å². The molecule has 0 aromatic heterocycles. The van der Waals surface area contributed by atoms with E-state index in [9.17, 15) is 19.8 Å². The van der Waals surface area contributed by atoms with Crippen LogP contribution in [-0.2, 0) is 9.59 Å². The zero-order chi connectivity index (χ0) is 22.7. The Morgan fingerprint density at radius 3 is 2.53 bits per heavy atom. The number of hydrogen-bond acceptors (Lipinski definition) is 7. The van der Waals surface area contributed by atoms with E-state index < -0.39 is 16.8 Å². The molecule has 2 aliphatic rings. The first kappa shape index (κ1) is 22.3. The highest BCUT2D eigenvalue weighted by atomic mass is 32.2. The molecule has 0 spiro atoms. The minimum Gasteiger partial charge on any atom is -0.497 e. The number of aliphatic carboxylic acids is 1. The molecule has 8 nitrogen and oxygen atoms in total. The largest absolute Gasteiger partial charge is 0.497 e. The number of thioether (sulfide) groups is 1. The molecule has 2 N–H and O–H groups in total. The number of carboxylic acid groups (broad SMARTS) is 1. The van der Waals surface area contributed by atoms with Gasteiger partial charge >= 0.3 is 5.97 Å². The number of benzene rings is 2. The summed E-state index contributed by atoms with van der Waals surface area (Å²) in [5.41, 5.74) is 1.10. The summed E-state index contributed by atoms with van der Waals surface area (Å²) in [6, 6.07) is 15.0. The maximum absolute atomic E-state index is 13.2. The van der Waals surface area contributed by atoms with E-state index in [2.05, 4.69) is 4.90 Å². The van der Waals surface area contributed by atoms with Crippen molar-refractivity contribution in [3.8, 4) is 11.5 Å². The minimum absolute atomic E-state index is 0.215. The molecule has 1 fully saturated rings. The molecule has 0 unspecified atom stereocenters. The van der Waals surface area contributed by atoms with Crippen LogP contribution in [0.1, 0.15) is 6.42 Å². The Hall–Kier alpha value is -2.91. The van der Waals surface area contributed by atoms with Crippen molar-refractivity contribution in [3.63, 3.8) is 0 Å². The lowest BCUT2D eigenvalue weighted by Crippen LogP contribution is -2.54. The van der Waals surface area contributed by atoms with Crippen LogP contribution in [0.25, 0.3) is 0 Å². The van der Waals surface area contributed by atoms with Gasteiger partial charge in [-0.25, -0.2) is 0 Å². The number of para-hydroxylation sites is 1. The smallest absolute Gasteiger partial charge is 0.323 e. The van der Waals surface area contributed by atoms with Crippen LogP contribution < -0.4 is 14.4 Å². The predicted octanol–water partition coefficient (Wildman–Crippen LogP) is 2.10. The van der Waals surface area contributed by atoms with Crippen LogP contribution in [0, 0.1) is 0 Å². The maximum Gasteiger partial charge on any atom is 0.323 e. The highest BCUT2D eigenvalue weighted by molar-refractivity contribution is 8.01. The van der Waals surface area contributed by atoms with E-state index in [4.69, 9.17) is 9.47 Å². The van der Waals surface area contributed by atoms with Gasteiger partial charge in [0.2, 0.25) is 5.91 Å². The Morgan fingerprint density at radius 2 is 1.88 bits per heavy atom. The summed E-state index contributed by atoms with van der Waals surface area (Å²) in [7, 11) is 1.52. The SMILES string of the molecule is COc1ccc2c(c1)S[C@](CC(=O)N1CCN(c3ccccc3)CC1)(C(=O)O)[C@@H](O)CO2. The molecule has 32 heavy (non-hydrogen) atoms. The molecule has 9 heteroatoms. The molecule has 0 aliphatic carbocycles. The van der Waals surface area contributed by atoms with Crippen LogP contribution in [0.4, 0.5) is 5.69 Å². The fourth-order valence-electron chi connectivity index (χ4n) is 3.99. The second-order valence-corrected chi connectivity index (χ2v) is 9.19. The number of aliphatic hydroxyl groups excluding tert-OH is 1. The van der Waals surface area contributed by atoms with Gasteiger partial charge in [-0.1, -0.05) is 30.0 Å². The summed E-state index contributed by atoms with van der Waals surface area (Å²) in [6.07, 6.45) is -1.70. The summed E-state index contributed by atoms with van der Waals surface area (Å²) >= 11 is 0.948. The lowest BCUT2D eigenvalue weighted by Gasteiger charge is -2.38. The summed E-state index contributed by atoms with van der Waals surface area (Å²) < 4.78 is 9.12. The second kappa shape index (κ2) is 9.30. The predicted molar refractivity (Wildman–Crippen MR) is 121 cm³/mol. The van der Waals surface area contributed by atoms with E-state index in [0.29, 0.717) is 42.6 Å². The van der Waals surface area contributed by atoms with Crippen molar-refractivity contribution >= 4 is 29.3 Å². The van der Waals surface area contributed by atoms with Gasteiger partial charge in [-0.05, 0) is 30.3 Å². The van der Waals surface area contributed by atoms with Gasteiger partial charge in [-0.15, -0.1) is 0 Å². The molecule has 1 amide bonds. The molecular formula is C23H26N2O6S. The standard InChI is InChI=1S/C23H26N2O6S/c1-30-17-7-8-18-19(13-17)32-23(22(28)29,20(26)15-31-18)14-21(27)25-11-9-24(10-12-25)16-5-3-2-4-6-16/h2-8,13,20,26H,9-12,14-15H2,1H3,(H,28,29)/t20-,23-/m0/s1. The zero-order valence-corrected chi connectivity index (χ0v) is 18.6. The van der Waals surface area contributed by atoms with Gasteiger partial charge in [0.15, 0.2) is 4.75 Å². The van der Waals surface area contributed by atoms with Gasteiger partial charge in [-0.3, -0.25) is 9.59 Å². The van der Waals surface area contributed by atoms with E-state index in [1.165, 1.54) is 7.11 Å². The fourth-order valence-corrected chi connectivity index (χ4v) is 5.27. The lowest BCUT2D eigenvalue weighted by atomic mass is 9.96. The van der Waals surface area contributed by atoms with Gasteiger partial charge in [0.25, 0.3) is 0 Å². The lowest BCUT2D eigenvalue weighted by molar-refractivity contribution is -0.148. The van der Waals surface area contributed by atoms with Crippen molar-refractivity contribution in [2.24, 2.45) is 0 Å². The number of carbonyl (C=O) groups is 2. The van der Waals surface area contributed by atoms with E-state index in [-0.39, 0.29) is 18.9 Å². The van der Waals surface area contributed by atoms with E-state index >= 15 is 0 Å². The molecule has 2 aliphatic heterocycles. The number of anilines is 1. The molecular weight excluding hydrogens is 432 g/mol. The average Bonchev–Trinajstić information content (AvgIpc) is 2.96. The van der Waals surface area contributed by atoms with Crippen molar-refractivity contribution in [2.45, 2.75) is 22.2 Å². The number of aliphatic hydroxyl groups is 1. The minimum atomic E-state index is -1.76. The van der Waals surface area contributed by atoms with E-state index in [0.717, 1.165) is 17.4 Å². The number of methoxy groups -OCH3 is 1. The molecule has 0 saturated carbocycles. The highest BCUT2D eigenvalue weighted by Crippen LogP contribution is 2.47. The molecule has 0 bridgehead atoms. The fraction of sp³-hybridized carbons (Fsp3) is 0.391. The molecule has 2 heterocycles. The Morgan fingerprint density at radius 1 is 1.16 bits per heavy atom. The summed E-state index contributed by atoms with van der Waals surface area (Å²) in [6.45, 7) is 2.09. The monoisotopic (exact) mass is 458 g/mol. The number of carbonyl (C=O) groups excluding carboxylic acids is 1. The first-order chi connectivity index (χ1) is 15.4. The van der Waals surface area contributed by atoms with Crippen LogP contribution in [0.15, 0.2) is 53.4 Å². The van der Waals surface area contributed by atoms with E-state index in [1.807, 2.05) is 30.3 Å². The van der Waals surface area contributed by atoms with Gasteiger partial charge in [-0.2, -0.15) is 0 Å². The Bertz CT molecular complexity index is 980. The second-order valence-electron chi connectivity index (χ2n) is 7.82. The Balaban J connectivity index is 1.51. The Labute approximate surface area is 190 Å². The van der Waals surface area contributed by atoms with Gasteiger partial charge in [0.05, 0.1) is 18.4 Å². The van der Waals surface area contributed by atoms with Crippen molar-refractivity contribution in [1.29, 1.82) is 0 Å². The molecule has 4 rings (SSSR count). The number of carboxylic acids is 1. The van der Waals surface area contributed by atoms with Crippen LogP contribution in [0.3, 0.4) is 0 Å². The first-order valence-electron chi connectivity index (χ1n) is 10.4. The summed E-state index contributed by atoms with van der Waals surface area (Å²) in [4.78, 5) is 30.0. The number of rotatable bonds is 5. The quantitative estimate of drug-likeness (QED) is 0.703. The number of piperazine rings is 1. The molecule has 1 saturated heterocycles. The topological polar surface area (TPSA) is 99.5 Å². The Kier molecular flexibility index (Phi) is 6.48. The molecule has 2 aromatic carbocycles. The van der Waals surface area contributed by atoms with Gasteiger partial charge < -0.3 is 29.5 Å². The van der Waals surface area contributed by atoms with Crippen molar-refractivity contribution < 1.29 is 29.3 Å². The first-order valence-corrected chi connectivity index (χ1v) is 11.2. The number of hydrogen-bond donors (Lipinski definition) is 2. The summed E-state index contributed by atoms with van der Waals surface area (Å²) in [5.74, 6) is -0.538. The highest BCUT2D eigenvalue weighted by Gasteiger charge is 2.51. The van der Waals surface area contributed by atoms with Gasteiger partial charge in [0.1, 0.15) is 24.2 Å². The number of fused-ring (bicyclic) bond motifs is 1. The normalized spacial score (nSPS) is 23.0. The van der Waals surface area contributed by atoms with Crippen molar-refractivity contribution in [3.05, 3.63) is 48.5 Å². The number of ether oxygens (including phenoxy) is 2. The third-order valence-electron chi connectivity index (χ3n) is 5.91. The van der Waals surface area contributed by atoms with E-state index in [1.54, 1.807) is 23.1 Å². The number of nitrogens with zero attached hydrogens (tertiary/aromatic N) is 2. The molecule has 170 valence electrons. The maximum atomic E-state index is 13.2. The summed E-state index contributed by atoms with van der Waals surface area (Å²) in [5, 5.41) is 20.9. The van der Waals surface area contributed by atoms with Crippen LogP contribution in [0.2, 0.25) is 0 Å². The van der Waals surface area contributed by atoms with Gasteiger partial charge in [0, 0.05) is 31.9 Å². The van der Waals surface area contributed by atoms with Crippen LogP contribution >= 0.6 is 11.8 Å². The van der Waals surface area contributed by atoms with Crippen molar-refractivity contribution in [1.82, 2.24) is 4.90 Å².